The quantitative estimate of drug-likeness (QED) is 0.815. The molecule has 3 heteroatoms. The molecule has 98 valence electrons. The van der Waals surface area contributed by atoms with Crippen LogP contribution in [0, 0.1) is 12.8 Å². The summed E-state index contributed by atoms with van der Waals surface area (Å²) in [6.07, 6.45) is 3.70. The highest BCUT2D eigenvalue weighted by Crippen LogP contribution is 2.20. The van der Waals surface area contributed by atoms with Crippen LogP contribution in [0.4, 0.5) is 5.95 Å². The number of hydrogen-bond donors (Lipinski definition) is 1. The molecule has 0 aliphatic heterocycles. The zero-order valence-corrected chi connectivity index (χ0v) is 11.6. The van der Waals surface area contributed by atoms with Crippen LogP contribution in [0.25, 0.3) is 11.0 Å². The third kappa shape index (κ3) is 2.84. The average Bonchev–Trinajstić information content (AvgIpc) is 2.60. The number of aromatic nitrogens is 2. The molecule has 2 rings (SSSR count). The zero-order chi connectivity index (χ0) is 13.1. The predicted octanol–water partition coefficient (Wildman–Crippen LogP) is 3.75. The van der Waals surface area contributed by atoms with E-state index in [-0.39, 0.29) is 0 Å². The van der Waals surface area contributed by atoms with Gasteiger partial charge in [0.15, 0.2) is 0 Å². The zero-order valence-electron chi connectivity index (χ0n) is 11.6. The smallest absolute Gasteiger partial charge is 0.201 e. The lowest BCUT2D eigenvalue weighted by Gasteiger charge is -2.08. The molecule has 0 unspecified atom stereocenters. The van der Waals surface area contributed by atoms with E-state index in [9.17, 15) is 0 Å². The Morgan fingerprint density at radius 3 is 2.78 bits per heavy atom. The van der Waals surface area contributed by atoms with Gasteiger partial charge >= 0.3 is 0 Å². The van der Waals surface area contributed by atoms with Gasteiger partial charge < -0.3 is 10.3 Å². The Balaban J connectivity index is 2.12. The van der Waals surface area contributed by atoms with Crippen molar-refractivity contribution in [2.24, 2.45) is 5.92 Å². The first-order valence-corrected chi connectivity index (χ1v) is 6.80. The van der Waals surface area contributed by atoms with Crippen molar-refractivity contribution in [1.29, 1.82) is 0 Å². The van der Waals surface area contributed by atoms with Gasteiger partial charge in [0.2, 0.25) is 5.95 Å². The monoisotopic (exact) mass is 245 g/mol. The fourth-order valence-corrected chi connectivity index (χ4v) is 2.31. The van der Waals surface area contributed by atoms with Crippen molar-refractivity contribution in [2.75, 3.05) is 5.73 Å². The Hall–Kier alpha value is -1.51. The van der Waals surface area contributed by atoms with Crippen molar-refractivity contribution in [3.05, 3.63) is 23.8 Å². The van der Waals surface area contributed by atoms with Crippen LogP contribution < -0.4 is 5.73 Å². The van der Waals surface area contributed by atoms with E-state index in [0.717, 1.165) is 23.5 Å². The molecule has 0 atom stereocenters. The van der Waals surface area contributed by atoms with Crippen molar-refractivity contribution < 1.29 is 0 Å². The van der Waals surface area contributed by atoms with E-state index in [1.165, 1.54) is 24.8 Å². The van der Waals surface area contributed by atoms with E-state index in [2.05, 4.69) is 42.5 Å². The van der Waals surface area contributed by atoms with Crippen LogP contribution in [-0.4, -0.2) is 9.55 Å². The number of rotatable bonds is 5. The fourth-order valence-electron chi connectivity index (χ4n) is 2.31. The standard InChI is InChI=1S/C15H23N3/c1-11(2)6-4-5-9-18-14-10-12(3)7-8-13(14)17-15(18)16/h7-8,10-11H,4-6,9H2,1-3H3,(H2,16,17). The molecule has 0 aliphatic carbocycles. The highest BCUT2D eigenvalue weighted by atomic mass is 15.1. The van der Waals surface area contributed by atoms with Crippen LogP contribution in [0.1, 0.15) is 38.7 Å². The van der Waals surface area contributed by atoms with E-state index < -0.39 is 0 Å². The molecule has 0 saturated heterocycles. The molecule has 2 N–H and O–H groups in total. The number of unbranched alkanes of at least 4 members (excludes halogenated alkanes) is 1. The summed E-state index contributed by atoms with van der Waals surface area (Å²) in [7, 11) is 0. The Bertz CT molecular complexity index is 526. The number of nitrogen functional groups attached to an aromatic ring is 1. The summed E-state index contributed by atoms with van der Waals surface area (Å²) in [6.45, 7) is 7.61. The first-order valence-electron chi connectivity index (χ1n) is 6.80. The molecule has 0 radical (unpaired) electrons. The Labute approximate surface area is 109 Å². The van der Waals surface area contributed by atoms with Crippen molar-refractivity contribution in [1.82, 2.24) is 9.55 Å². The topological polar surface area (TPSA) is 43.8 Å². The van der Waals surface area contributed by atoms with Crippen molar-refractivity contribution >= 4 is 17.0 Å². The molecule has 0 saturated carbocycles. The van der Waals surface area contributed by atoms with Crippen LogP contribution in [0.5, 0.6) is 0 Å². The number of fused-ring (bicyclic) bond motifs is 1. The Morgan fingerprint density at radius 2 is 2.06 bits per heavy atom. The summed E-state index contributed by atoms with van der Waals surface area (Å²) in [5.74, 6) is 1.42. The van der Waals surface area contributed by atoms with E-state index in [1.807, 2.05) is 6.07 Å². The maximum absolute atomic E-state index is 6.00. The number of aryl methyl sites for hydroxylation is 2. The number of nitrogens with zero attached hydrogens (tertiary/aromatic N) is 2. The van der Waals surface area contributed by atoms with Gasteiger partial charge in [-0.05, 0) is 37.0 Å². The minimum Gasteiger partial charge on any atom is -0.369 e. The van der Waals surface area contributed by atoms with Crippen molar-refractivity contribution in [3.8, 4) is 0 Å². The van der Waals surface area contributed by atoms with Gasteiger partial charge in [0, 0.05) is 6.54 Å². The van der Waals surface area contributed by atoms with Crippen molar-refractivity contribution in [3.63, 3.8) is 0 Å². The largest absolute Gasteiger partial charge is 0.369 e. The average molecular weight is 245 g/mol. The van der Waals surface area contributed by atoms with Gasteiger partial charge in [-0.15, -0.1) is 0 Å². The summed E-state index contributed by atoms with van der Waals surface area (Å²) in [4.78, 5) is 4.41. The third-order valence-corrected chi connectivity index (χ3v) is 3.35. The predicted molar refractivity (Wildman–Crippen MR) is 77.6 cm³/mol. The first kappa shape index (κ1) is 12.9. The van der Waals surface area contributed by atoms with E-state index in [4.69, 9.17) is 5.73 Å². The van der Waals surface area contributed by atoms with Gasteiger partial charge in [-0.2, -0.15) is 0 Å². The van der Waals surface area contributed by atoms with Crippen LogP contribution in [-0.2, 0) is 6.54 Å². The molecule has 1 heterocycles. The van der Waals surface area contributed by atoms with E-state index in [0.29, 0.717) is 5.95 Å². The summed E-state index contributed by atoms with van der Waals surface area (Å²) >= 11 is 0. The lowest BCUT2D eigenvalue weighted by molar-refractivity contribution is 0.514. The molecule has 2 aromatic rings. The molecule has 3 nitrogen and oxygen atoms in total. The maximum Gasteiger partial charge on any atom is 0.201 e. The molecule has 0 aliphatic rings. The summed E-state index contributed by atoms with van der Waals surface area (Å²) < 4.78 is 2.14. The molecular formula is C15H23N3. The summed E-state index contributed by atoms with van der Waals surface area (Å²) in [5, 5.41) is 0. The number of imidazole rings is 1. The highest BCUT2D eigenvalue weighted by Gasteiger charge is 2.07. The molecule has 0 spiro atoms. The van der Waals surface area contributed by atoms with Gasteiger partial charge in [-0.3, -0.25) is 0 Å². The number of hydrogen-bond acceptors (Lipinski definition) is 2. The molecule has 0 fully saturated rings. The Morgan fingerprint density at radius 1 is 1.28 bits per heavy atom. The van der Waals surface area contributed by atoms with Gasteiger partial charge in [0.25, 0.3) is 0 Å². The normalized spacial score (nSPS) is 11.6. The second-order valence-electron chi connectivity index (χ2n) is 5.50. The molecule has 1 aromatic heterocycles. The van der Waals surface area contributed by atoms with Crippen LogP contribution in [0.2, 0.25) is 0 Å². The second-order valence-corrected chi connectivity index (χ2v) is 5.50. The van der Waals surface area contributed by atoms with Gasteiger partial charge in [-0.1, -0.05) is 32.8 Å². The molecule has 1 aromatic carbocycles. The first-order chi connectivity index (χ1) is 8.58. The van der Waals surface area contributed by atoms with Gasteiger partial charge in [-0.25, -0.2) is 4.98 Å². The lowest BCUT2D eigenvalue weighted by atomic mass is 10.1. The maximum atomic E-state index is 6.00. The molecule has 18 heavy (non-hydrogen) atoms. The van der Waals surface area contributed by atoms with Crippen LogP contribution >= 0.6 is 0 Å². The van der Waals surface area contributed by atoms with Crippen molar-refractivity contribution in [2.45, 2.75) is 46.6 Å². The SMILES string of the molecule is Cc1ccc2nc(N)n(CCCCC(C)C)c2c1. The molecular weight excluding hydrogens is 222 g/mol. The summed E-state index contributed by atoms with van der Waals surface area (Å²) in [5.41, 5.74) is 9.42. The van der Waals surface area contributed by atoms with E-state index >= 15 is 0 Å². The molecule has 0 bridgehead atoms. The van der Waals surface area contributed by atoms with Gasteiger partial charge in [0.1, 0.15) is 0 Å². The Kier molecular flexibility index (Phi) is 3.90. The molecule has 0 amide bonds. The number of anilines is 1. The van der Waals surface area contributed by atoms with E-state index in [1.54, 1.807) is 0 Å². The second kappa shape index (κ2) is 5.42. The number of benzene rings is 1. The van der Waals surface area contributed by atoms with Gasteiger partial charge in [0.05, 0.1) is 11.0 Å². The summed E-state index contributed by atoms with van der Waals surface area (Å²) in [6, 6.07) is 6.30. The van der Waals surface area contributed by atoms with Crippen LogP contribution in [0.3, 0.4) is 0 Å². The van der Waals surface area contributed by atoms with Crippen LogP contribution in [0.15, 0.2) is 18.2 Å². The minimum absolute atomic E-state index is 0.639. The number of nitrogens with two attached hydrogens (primary N) is 1. The minimum atomic E-state index is 0.639. The highest BCUT2D eigenvalue weighted by molar-refractivity contribution is 5.79. The fraction of sp³-hybridized carbons (Fsp3) is 0.533. The lowest BCUT2D eigenvalue weighted by Crippen LogP contribution is -2.04. The third-order valence-electron chi connectivity index (χ3n) is 3.35.